The molecule has 4 aromatic heterocycles. The van der Waals surface area contributed by atoms with Crippen molar-refractivity contribution >= 4 is 56.6 Å². The van der Waals surface area contributed by atoms with E-state index in [0.717, 1.165) is 122 Å². The standard InChI is InChI=1S/C48H55Cl2N9O4/c1-29-23-35(24-30(2)44(29)50)63-19-8-9-36-37-11-12-39(49)43(42-32(4)52-54(6)33(42)5)45(37)59-31(3)26-58(48(60)46(36)59)41-27-56(15-14-55-16-21-62-22-17-55)40-13-10-34(25-38(40)41)47-51-28-57(53-47)18-20-61-7/h10-13,23-25,27-28,31H,8-9,14-22,26H2,1-7H3/t31-/m1/s1. The van der Waals surface area contributed by atoms with Crippen LogP contribution in [0.1, 0.15) is 58.0 Å². The van der Waals surface area contributed by atoms with Gasteiger partial charge in [-0.2, -0.15) is 10.2 Å². The number of amides is 1. The largest absolute Gasteiger partial charge is 0.494 e. The molecular formula is C48H55Cl2N9O4. The molecule has 2 aliphatic rings. The van der Waals surface area contributed by atoms with Gasteiger partial charge in [0.2, 0.25) is 0 Å². The van der Waals surface area contributed by atoms with Gasteiger partial charge in [-0.1, -0.05) is 29.3 Å². The summed E-state index contributed by atoms with van der Waals surface area (Å²) >= 11 is 13.7. The third-order valence-corrected chi connectivity index (χ3v) is 13.7. The molecule has 1 fully saturated rings. The number of methoxy groups -OCH3 is 1. The molecule has 0 aliphatic carbocycles. The van der Waals surface area contributed by atoms with Gasteiger partial charge in [0.15, 0.2) is 5.82 Å². The second-order valence-electron chi connectivity index (χ2n) is 17.0. The summed E-state index contributed by atoms with van der Waals surface area (Å²) in [5.41, 5.74) is 11.2. The van der Waals surface area contributed by atoms with Crippen molar-refractivity contribution in [1.82, 2.24) is 38.6 Å². The summed E-state index contributed by atoms with van der Waals surface area (Å²) in [5, 5.41) is 12.9. The monoisotopic (exact) mass is 891 g/mol. The van der Waals surface area contributed by atoms with Crippen molar-refractivity contribution in [2.45, 2.75) is 66.6 Å². The van der Waals surface area contributed by atoms with E-state index in [1.807, 2.05) is 55.6 Å². The molecule has 0 radical (unpaired) electrons. The second kappa shape index (κ2) is 17.8. The number of nitrogens with zero attached hydrogens (tertiary/aromatic N) is 9. The summed E-state index contributed by atoms with van der Waals surface area (Å²) in [5.74, 6) is 1.36. The fourth-order valence-electron chi connectivity index (χ4n) is 9.55. The van der Waals surface area contributed by atoms with Crippen molar-refractivity contribution in [3.05, 3.63) is 98.8 Å². The zero-order valence-corrected chi connectivity index (χ0v) is 38.7. The number of rotatable bonds is 14. The van der Waals surface area contributed by atoms with Gasteiger partial charge in [0.1, 0.15) is 17.8 Å². The molecule has 0 spiro atoms. The summed E-state index contributed by atoms with van der Waals surface area (Å²) in [6, 6.07) is 14.3. The summed E-state index contributed by atoms with van der Waals surface area (Å²) in [7, 11) is 3.64. The quantitative estimate of drug-likeness (QED) is 0.0997. The number of anilines is 1. The average Bonchev–Trinajstić information content (AvgIpc) is 4.04. The number of aromatic nitrogens is 7. The van der Waals surface area contributed by atoms with Gasteiger partial charge in [0.05, 0.1) is 60.4 Å². The van der Waals surface area contributed by atoms with Crippen LogP contribution in [-0.4, -0.2) is 104 Å². The number of hydrogen-bond acceptors (Lipinski definition) is 8. The molecule has 0 saturated carbocycles. The Kier molecular flexibility index (Phi) is 12.2. The summed E-state index contributed by atoms with van der Waals surface area (Å²) < 4.78 is 25.5. The van der Waals surface area contributed by atoms with Gasteiger partial charge in [-0.15, -0.1) is 0 Å². The minimum atomic E-state index is -0.104. The number of ether oxygens (including phenoxy) is 3. The van der Waals surface area contributed by atoms with Crippen LogP contribution in [0.3, 0.4) is 0 Å². The lowest BCUT2D eigenvalue weighted by molar-refractivity contribution is 0.0365. The normalized spacial score (nSPS) is 15.9. The maximum absolute atomic E-state index is 15.6. The minimum Gasteiger partial charge on any atom is -0.494 e. The molecule has 2 aliphatic heterocycles. The first kappa shape index (κ1) is 43.1. The molecule has 7 aromatic rings. The van der Waals surface area contributed by atoms with E-state index in [1.54, 1.807) is 18.1 Å². The highest BCUT2D eigenvalue weighted by atomic mass is 35.5. The van der Waals surface area contributed by atoms with Crippen LogP contribution in [0.15, 0.2) is 55.0 Å². The molecule has 0 unspecified atom stereocenters. The van der Waals surface area contributed by atoms with E-state index in [1.165, 1.54) is 0 Å². The van der Waals surface area contributed by atoms with Gasteiger partial charge in [-0.3, -0.25) is 19.1 Å². The van der Waals surface area contributed by atoms with Crippen molar-refractivity contribution in [1.29, 1.82) is 0 Å². The Bertz CT molecular complexity index is 2830. The van der Waals surface area contributed by atoms with Gasteiger partial charge < -0.3 is 28.2 Å². The van der Waals surface area contributed by atoms with Crippen molar-refractivity contribution in [2.24, 2.45) is 7.05 Å². The Morgan fingerprint density at radius 3 is 2.41 bits per heavy atom. The van der Waals surface area contributed by atoms with Crippen LogP contribution < -0.4 is 9.64 Å². The lowest BCUT2D eigenvalue weighted by Gasteiger charge is -2.34. The molecule has 0 N–H and O–H groups in total. The van der Waals surface area contributed by atoms with Gasteiger partial charge in [-0.25, -0.2) is 4.98 Å². The molecule has 1 atom stereocenters. The number of hydrogen-bond donors (Lipinski definition) is 0. The number of carbonyl (C=O) groups is 1. The Balaban J connectivity index is 1.15. The van der Waals surface area contributed by atoms with Crippen LogP contribution in [0.4, 0.5) is 5.69 Å². The van der Waals surface area contributed by atoms with Crippen molar-refractivity contribution in [3.8, 4) is 28.3 Å². The highest BCUT2D eigenvalue weighted by molar-refractivity contribution is 6.35. The maximum Gasteiger partial charge on any atom is 0.275 e. The van der Waals surface area contributed by atoms with Gasteiger partial charge in [0, 0.05) is 97.3 Å². The third-order valence-electron chi connectivity index (χ3n) is 12.8. The number of aryl methyl sites for hydroxylation is 5. The van der Waals surface area contributed by atoms with E-state index in [4.69, 9.17) is 47.6 Å². The van der Waals surface area contributed by atoms with Crippen LogP contribution >= 0.6 is 23.2 Å². The number of carbonyl (C=O) groups excluding carboxylic acids is 1. The Hall–Kier alpha value is -5.18. The SMILES string of the molecule is COCCn1cnc(-c2ccc3c(c2)c(N2C[C@@H](C)n4c(c(CCCOc5cc(C)c(Cl)c(C)c5)c5ccc(Cl)c(-c6c(C)nn(C)c6C)c54)C2=O)cn3CCN2CCOCC2)n1. The van der Waals surface area contributed by atoms with Crippen LogP contribution in [0.2, 0.25) is 10.0 Å². The maximum atomic E-state index is 15.6. The van der Waals surface area contributed by atoms with E-state index in [9.17, 15) is 0 Å². The van der Waals surface area contributed by atoms with Gasteiger partial charge >= 0.3 is 0 Å². The smallest absolute Gasteiger partial charge is 0.275 e. The lowest BCUT2D eigenvalue weighted by atomic mass is 9.98. The topological polar surface area (TPSA) is 110 Å². The molecule has 1 saturated heterocycles. The minimum absolute atomic E-state index is 0.0505. The molecular weight excluding hydrogens is 837 g/mol. The third kappa shape index (κ3) is 8.03. The van der Waals surface area contributed by atoms with Crippen LogP contribution in [0.5, 0.6) is 5.75 Å². The predicted molar refractivity (Wildman–Crippen MR) is 250 cm³/mol. The zero-order valence-electron chi connectivity index (χ0n) is 37.2. The molecule has 3 aromatic carbocycles. The molecule has 9 rings (SSSR count). The molecule has 1 amide bonds. The first-order valence-corrected chi connectivity index (χ1v) is 22.6. The van der Waals surface area contributed by atoms with E-state index < -0.39 is 0 Å². The molecule has 13 nitrogen and oxygen atoms in total. The number of morpholine rings is 1. The molecule has 63 heavy (non-hydrogen) atoms. The van der Waals surface area contributed by atoms with Crippen LogP contribution in [0, 0.1) is 27.7 Å². The average molecular weight is 893 g/mol. The summed E-state index contributed by atoms with van der Waals surface area (Å²) in [6.45, 7) is 17.3. The fraction of sp³-hybridized carbons (Fsp3) is 0.417. The number of fused-ring (bicyclic) bond motifs is 4. The molecule has 330 valence electrons. The van der Waals surface area contributed by atoms with Gasteiger partial charge in [-0.05, 0) is 101 Å². The van der Waals surface area contributed by atoms with Crippen LogP contribution in [0.25, 0.3) is 44.3 Å². The Morgan fingerprint density at radius 1 is 0.905 bits per heavy atom. The summed E-state index contributed by atoms with van der Waals surface area (Å²) in [6.07, 6.45) is 5.20. The van der Waals surface area contributed by atoms with Crippen molar-refractivity contribution < 1.29 is 19.0 Å². The molecule has 6 heterocycles. The molecule has 0 bridgehead atoms. The van der Waals surface area contributed by atoms with E-state index >= 15 is 4.79 Å². The van der Waals surface area contributed by atoms with Gasteiger partial charge in [0.25, 0.3) is 5.91 Å². The van der Waals surface area contributed by atoms with E-state index in [0.29, 0.717) is 55.7 Å². The first-order valence-electron chi connectivity index (χ1n) is 21.8. The Morgan fingerprint density at radius 2 is 1.68 bits per heavy atom. The Labute approximate surface area is 378 Å². The zero-order chi connectivity index (χ0) is 44.1. The predicted octanol–water partition coefficient (Wildman–Crippen LogP) is 9.01. The number of benzene rings is 3. The highest BCUT2D eigenvalue weighted by Crippen LogP contribution is 2.46. The highest BCUT2D eigenvalue weighted by Gasteiger charge is 2.38. The van der Waals surface area contributed by atoms with Crippen molar-refractivity contribution in [2.75, 3.05) is 64.6 Å². The van der Waals surface area contributed by atoms with E-state index in [2.05, 4.69) is 63.3 Å². The second-order valence-corrected chi connectivity index (χ2v) is 17.8. The number of halogens is 2. The van der Waals surface area contributed by atoms with E-state index in [-0.39, 0.29) is 11.9 Å². The van der Waals surface area contributed by atoms with Crippen molar-refractivity contribution in [3.63, 3.8) is 0 Å². The summed E-state index contributed by atoms with van der Waals surface area (Å²) in [4.78, 5) is 24.7. The first-order chi connectivity index (χ1) is 30.4. The fourth-order valence-corrected chi connectivity index (χ4v) is 9.90. The van der Waals surface area contributed by atoms with Crippen LogP contribution in [-0.2, 0) is 36.0 Å². The lowest BCUT2D eigenvalue weighted by Crippen LogP contribution is -2.42. The molecule has 15 heteroatoms.